The molecule has 8 unspecified atom stereocenters. The molecule has 0 aromatic rings. The van der Waals surface area contributed by atoms with Crippen LogP contribution in [0.1, 0.15) is 140 Å². The fraction of sp³-hybridized carbons (Fsp3) is 1.00. The molecular weight excluding hydrogens is 422 g/mol. The predicted octanol–water partition coefficient (Wildman–Crippen LogP) is 10.5. The number of nitrogens with one attached hydrogen (secondary N) is 1. The maximum Gasteiger partial charge on any atom is -0.00234 e. The van der Waals surface area contributed by atoms with Crippen molar-refractivity contribution >= 4 is 0 Å². The molecule has 0 aromatic heterocycles. The van der Waals surface area contributed by atoms with Crippen molar-refractivity contribution in [2.24, 2.45) is 65.1 Å². The second-order valence-electron chi connectivity index (χ2n) is 14.6. The van der Waals surface area contributed by atoms with E-state index in [1.165, 1.54) is 77.2 Å². The molecule has 0 spiro atoms. The van der Waals surface area contributed by atoms with Crippen LogP contribution >= 0.6 is 0 Å². The third-order valence-electron chi connectivity index (χ3n) is 9.88. The Morgan fingerprint density at radius 1 is 0.657 bits per heavy atom. The third-order valence-corrected chi connectivity index (χ3v) is 9.88. The van der Waals surface area contributed by atoms with Crippen molar-refractivity contribution < 1.29 is 0 Å². The first-order chi connectivity index (χ1) is 16.5. The van der Waals surface area contributed by atoms with Crippen molar-refractivity contribution in [1.82, 2.24) is 5.32 Å². The van der Waals surface area contributed by atoms with Crippen LogP contribution in [0, 0.1) is 65.1 Å². The normalized spacial score (nSPS) is 25.4. The molecule has 0 bridgehead atoms. The Balaban J connectivity index is 2.61. The van der Waals surface area contributed by atoms with Gasteiger partial charge in [-0.2, -0.15) is 0 Å². The van der Waals surface area contributed by atoms with Gasteiger partial charge in [0.15, 0.2) is 0 Å². The van der Waals surface area contributed by atoms with Crippen LogP contribution in [-0.4, -0.2) is 13.6 Å². The van der Waals surface area contributed by atoms with E-state index in [1.807, 2.05) is 0 Å². The molecule has 35 heavy (non-hydrogen) atoms. The Labute approximate surface area is 223 Å². The summed E-state index contributed by atoms with van der Waals surface area (Å²) in [6, 6.07) is 0. The Kier molecular flexibility index (Phi) is 16.5. The lowest BCUT2D eigenvalue weighted by Crippen LogP contribution is -2.21. The van der Waals surface area contributed by atoms with Crippen LogP contribution in [0.3, 0.4) is 0 Å². The summed E-state index contributed by atoms with van der Waals surface area (Å²) in [6.45, 7) is 25.8. The summed E-state index contributed by atoms with van der Waals surface area (Å²) in [7, 11) is 2.12. The highest BCUT2D eigenvalue weighted by atomic mass is 14.8. The van der Waals surface area contributed by atoms with E-state index < -0.39 is 0 Å². The average Bonchev–Trinajstić information content (AvgIpc) is 3.21. The maximum atomic E-state index is 3.45. The largest absolute Gasteiger partial charge is 0.319 e. The smallest absolute Gasteiger partial charge is 0.00234 e. The zero-order valence-electron chi connectivity index (χ0n) is 26.3. The lowest BCUT2D eigenvalue weighted by atomic mass is 9.77. The van der Waals surface area contributed by atoms with Crippen molar-refractivity contribution in [3.05, 3.63) is 0 Å². The minimum atomic E-state index is 0.814. The summed E-state index contributed by atoms with van der Waals surface area (Å²) in [5, 5.41) is 3.45. The van der Waals surface area contributed by atoms with E-state index >= 15 is 0 Å². The quantitative estimate of drug-likeness (QED) is 0.189. The van der Waals surface area contributed by atoms with Crippen LogP contribution in [0.4, 0.5) is 0 Å². The third kappa shape index (κ3) is 13.4. The Morgan fingerprint density at radius 2 is 1.26 bits per heavy atom. The summed E-state index contributed by atoms with van der Waals surface area (Å²) < 4.78 is 0. The number of hydrogen-bond donors (Lipinski definition) is 1. The van der Waals surface area contributed by atoms with Gasteiger partial charge in [-0.05, 0) is 130 Å². The minimum absolute atomic E-state index is 0.814. The first kappa shape index (κ1) is 33.0. The molecule has 1 aliphatic carbocycles. The molecule has 1 fully saturated rings. The van der Waals surface area contributed by atoms with Gasteiger partial charge < -0.3 is 5.32 Å². The second-order valence-corrected chi connectivity index (χ2v) is 14.6. The monoisotopic (exact) mass is 492 g/mol. The van der Waals surface area contributed by atoms with Crippen molar-refractivity contribution in [3.8, 4) is 0 Å². The van der Waals surface area contributed by atoms with Gasteiger partial charge in [0.1, 0.15) is 0 Å². The lowest BCUT2D eigenvalue weighted by molar-refractivity contribution is 0.227. The summed E-state index contributed by atoms with van der Waals surface area (Å²) in [4.78, 5) is 0. The lowest BCUT2D eigenvalue weighted by Gasteiger charge is -2.29. The highest BCUT2D eigenvalue weighted by Gasteiger charge is 2.36. The van der Waals surface area contributed by atoms with Crippen molar-refractivity contribution in [2.45, 2.75) is 140 Å². The van der Waals surface area contributed by atoms with Crippen LogP contribution in [0.25, 0.3) is 0 Å². The Morgan fingerprint density at radius 3 is 1.77 bits per heavy atom. The van der Waals surface area contributed by atoms with E-state index in [1.54, 1.807) is 0 Å². The van der Waals surface area contributed by atoms with E-state index in [0.29, 0.717) is 0 Å². The molecule has 8 atom stereocenters. The van der Waals surface area contributed by atoms with Crippen LogP contribution < -0.4 is 5.32 Å². The highest BCUT2D eigenvalue weighted by molar-refractivity contribution is 4.87. The van der Waals surface area contributed by atoms with E-state index in [0.717, 1.165) is 65.1 Å². The molecule has 1 N–H and O–H groups in total. The van der Waals surface area contributed by atoms with Crippen LogP contribution in [0.5, 0.6) is 0 Å². The molecule has 0 aliphatic heterocycles. The van der Waals surface area contributed by atoms with Gasteiger partial charge >= 0.3 is 0 Å². The van der Waals surface area contributed by atoms with E-state index in [4.69, 9.17) is 0 Å². The van der Waals surface area contributed by atoms with Gasteiger partial charge in [-0.1, -0.05) is 88.5 Å². The van der Waals surface area contributed by atoms with Crippen molar-refractivity contribution in [3.63, 3.8) is 0 Å². The van der Waals surface area contributed by atoms with Gasteiger partial charge in [-0.15, -0.1) is 0 Å². The topological polar surface area (TPSA) is 12.0 Å². The SMILES string of the molecule is CCC(C)CC(CC(C)CCC(CNC)CC(C)C)CC(C)CCC1CC(C(C)C)CC1C(C)C. The zero-order chi connectivity index (χ0) is 26.5. The van der Waals surface area contributed by atoms with E-state index in [9.17, 15) is 0 Å². The predicted molar refractivity (Wildman–Crippen MR) is 160 cm³/mol. The fourth-order valence-corrected chi connectivity index (χ4v) is 7.57. The van der Waals surface area contributed by atoms with Gasteiger partial charge in [0.05, 0.1) is 0 Å². The van der Waals surface area contributed by atoms with Crippen molar-refractivity contribution in [1.29, 1.82) is 0 Å². The molecule has 1 saturated carbocycles. The molecule has 1 heteroatoms. The molecule has 1 nitrogen and oxygen atoms in total. The highest BCUT2D eigenvalue weighted by Crippen LogP contribution is 2.46. The van der Waals surface area contributed by atoms with Crippen LogP contribution in [0.15, 0.2) is 0 Å². The van der Waals surface area contributed by atoms with Gasteiger partial charge in [0, 0.05) is 0 Å². The van der Waals surface area contributed by atoms with Gasteiger partial charge in [-0.3, -0.25) is 0 Å². The molecule has 0 amide bonds. The molecule has 1 aliphatic rings. The molecule has 0 aromatic carbocycles. The first-order valence-corrected chi connectivity index (χ1v) is 16.1. The van der Waals surface area contributed by atoms with Gasteiger partial charge in [0.2, 0.25) is 0 Å². The van der Waals surface area contributed by atoms with Crippen LogP contribution in [-0.2, 0) is 0 Å². The zero-order valence-corrected chi connectivity index (χ0v) is 26.3. The summed E-state index contributed by atoms with van der Waals surface area (Å²) >= 11 is 0. The fourth-order valence-electron chi connectivity index (χ4n) is 7.57. The molecule has 0 saturated heterocycles. The van der Waals surface area contributed by atoms with Crippen LogP contribution in [0.2, 0.25) is 0 Å². The number of rotatable bonds is 19. The van der Waals surface area contributed by atoms with E-state index in [-0.39, 0.29) is 0 Å². The Bertz CT molecular complexity index is 509. The first-order valence-electron chi connectivity index (χ1n) is 16.1. The standard InChI is InChI=1S/C34H69N/c1-12-27(8)18-31(19-28(9)13-15-30(23-35-11)17-24(2)3)20-29(10)14-16-32-21-33(25(4)5)22-34(32)26(6)7/h24-35H,12-23H2,1-11H3. The average molecular weight is 492 g/mol. The molecular formula is C34H69N. The van der Waals surface area contributed by atoms with Crippen molar-refractivity contribution in [2.75, 3.05) is 13.6 Å². The summed E-state index contributed by atoms with van der Waals surface area (Å²) in [5.41, 5.74) is 0. The molecule has 210 valence electrons. The molecule has 0 radical (unpaired) electrons. The summed E-state index contributed by atoms with van der Waals surface area (Å²) in [5.74, 6) is 9.90. The number of hydrogen-bond acceptors (Lipinski definition) is 1. The maximum absolute atomic E-state index is 3.45. The summed E-state index contributed by atoms with van der Waals surface area (Å²) in [6.07, 6.45) is 15.8. The second kappa shape index (κ2) is 17.5. The molecule has 0 heterocycles. The minimum Gasteiger partial charge on any atom is -0.319 e. The van der Waals surface area contributed by atoms with E-state index in [2.05, 4.69) is 81.6 Å². The molecule has 1 rings (SSSR count). The Hall–Kier alpha value is -0.0400. The van der Waals surface area contributed by atoms with Gasteiger partial charge in [-0.25, -0.2) is 0 Å². The van der Waals surface area contributed by atoms with Gasteiger partial charge in [0.25, 0.3) is 0 Å².